The van der Waals surface area contributed by atoms with E-state index in [1.54, 1.807) is 6.07 Å². The smallest absolute Gasteiger partial charge is 0.346 e. The molecule has 1 aliphatic carbocycles. The van der Waals surface area contributed by atoms with Crippen molar-refractivity contribution >= 4 is 17.5 Å². The number of benzene rings is 1. The van der Waals surface area contributed by atoms with Crippen LogP contribution >= 0.6 is 0 Å². The first-order chi connectivity index (χ1) is 13.7. The normalized spacial score (nSPS) is 15.2. The molecule has 1 unspecified atom stereocenters. The Morgan fingerprint density at radius 1 is 1.28 bits per heavy atom. The molecule has 156 valence electrons. The molecular weight excluding hydrogens is 387 g/mol. The Morgan fingerprint density at radius 3 is 2.55 bits per heavy atom. The first-order valence-corrected chi connectivity index (χ1v) is 9.13. The lowest BCUT2D eigenvalue weighted by Crippen LogP contribution is -2.45. The van der Waals surface area contributed by atoms with Crippen molar-refractivity contribution in [1.82, 2.24) is 20.0 Å². The number of carbonyl (C=O) groups is 2. The van der Waals surface area contributed by atoms with Crippen LogP contribution in [0.15, 0.2) is 36.7 Å². The first kappa shape index (κ1) is 20.8. The quantitative estimate of drug-likeness (QED) is 0.718. The lowest BCUT2D eigenvalue weighted by atomic mass is 10.1. The van der Waals surface area contributed by atoms with Crippen LogP contribution in [0.3, 0.4) is 0 Å². The number of aromatic nitrogens is 2. The Kier molecular flexibility index (Phi) is 5.92. The minimum atomic E-state index is -4.72. The molecule has 2 aromatic rings. The molecule has 29 heavy (non-hydrogen) atoms. The summed E-state index contributed by atoms with van der Waals surface area (Å²) in [7, 11) is 3.76. The topological polar surface area (TPSA) is 79.3 Å². The zero-order chi connectivity index (χ0) is 21.2. The number of nitrogens with zero attached hydrogens (tertiary/aromatic N) is 3. The summed E-state index contributed by atoms with van der Waals surface area (Å²) < 4.78 is 41.7. The van der Waals surface area contributed by atoms with Crippen molar-refractivity contribution in [3.8, 4) is 5.69 Å². The maximum Gasteiger partial charge on any atom is 0.418 e. The van der Waals surface area contributed by atoms with Gasteiger partial charge in [-0.25, -0.2) is 4.68 Å². The van der Waals surface area contributed by atoms with Gasteiger partial charge in [0.05, 0.1) is 16.9 Å². The lowest BCUT2D eigenvalue weighted by molar-refractivity contribution is -0.138. The number of hydrogen-bond acceptors (Lipinski definition) is 4. The molecular formula is C19H22F3N5O2. The second-order valence-corrected chi connectivity index (χ2v) is 7.21. The number of rotatable bonds is 6. The summed E-state index contributed by atoms with van der Waals surface area (Å²) in [5.74, 6) is -1.66. The Bertz CT molecular complexity index is 874. The van der Waals surface area contributed by atoms with Crippen molar-refractivity contribution in [3.63, 3.8) is 0 Å². The summed E-state index contributed by atoms with van der Waals surface area (Å²) in [6.45, 7) is 0.258. The van der Waals surface area contributed by atoms with Crippen LogP contribution < -0.4 is 10.6 Å². The Hall–Kier alpha value is -2.88. The van der Waals surface area contributed by atoms with Crippen molar-refractivity contribution < 1.29 is 22.8 Å². The van der Waals surface area contributed by atoms with E-state index in [9.17, 15) is 22.8 Å². The standard InChI is InChI=1S/C19H22F3N5O2/c1-26(2)16(12-4-5-12)11-23-17(28)18(29)25-15-7-6-13(27-9-3-8-24-27)10-14(15)19(20,21)22/h3,6-10,12,16H,4-5,11H2,1-2H3,(H,23,28)(H,25,29). The van der Waals surface area contributed by atoms with Crippen LogP contribution in [0, 0.1) is 5.92 Å². The summed E-state index contributed by atoms with van der Waals surface area (Å²) in [5.41, 5.74) is -1.36. The van der Waals surface area contributed by atoms with E-state index in [1.165, 1.54) is 23.1 Å². The van der Waals surface area contributed by atoms with E-state index in [2.05, 4.69) is 15.7 Å². The summed E-state index contributed by atoms with van der Waals surface area (Å²) in [5, 5.41) is 8.48. The molecule has 0 bridgehead atoms. The van der Waals surface area contributed by atoms with Gasteiger partial charge in [0.25, 0.3) is 0 Å². The first-order valence-electron chi connectivity index (χ1n) is 9.13. The Labute approximate surface area is 165 Å². The minimum Gasteiger partial charge on any atom is -0.346 e. The van der Waals surface area contributed by atoms with Gasteiger partial charge < -0.3 is 15.5 Å². The van der Waals surface area contributed by atoms with Crippen LogP contribution in [-0.2, 0) is 15.8 Å². The third kappa shape index (κ3) is 5.14. The molecule has 10 heteroatoms. The molecule has 1 aromatic heterocycles. The molecule has 0 aliphatic heterocycles. The second kappa shape index (κ2) is 8.24. The van der Waals surface area contributed by atoms with Gasteiger partial charge in [0.2, 0.25) is 0 Å². The predicted molar refractivity (Wildman–Crippen MR) is 100 cm³/mol. The number of anilines is 1. The van der Waals surface area contributed by atoms with Crippen LogP contribution in [0.4, 0.5) is 18.9 Å². The van der Waals surface area contributed by atoms with Gasteiger partial charge >= 0.3 is 18.0 Å². The van der Waals surface area contributed by atoms with Crippen LogP contribution in [0.5, 0.6) is 0 Å². The number of carbonyl (C=O) groups excluding carboxylic acids is 2. The van der Waals surface area contributed by atoms with Gasteiger partial charge in [-0.1, -0.05) is 0 Å². The lowest BCUT2D eigenvalue weighted by Gasteiger charge is -2.24. The van der Waals surface area contributed by atoms with Gasteiger partial charge in [-0.3, -0.25) is 9.59 Å². The number of alkyl halides is 3. The van der Waals surface area contributed by atoms with E-state index >= 15 is 0 Å². The number of nitrogens with one attached hydrogen (secondary N) is 2. The fraction of sp³-hybridized carbons (Fsp3) is 0.421. The number of halogens is 3. The van der Waals surface area contributed by atoms with Crippen molar-refractivity contribution in [1.29, 1.82) is 0 Å². The van der Waals surface area contributed by atoms with E-state index < -0.39 is 29.2 Å². The number of likely N-dealkylation sites (N-methyl/N-ethyl adjacent to an activating group) is 1. The molecule has 7 nitrogen and oxygen atoms in total. The van der Waals surface area contributed by atoms with Gasteiger partial charge in [-0.15, -0.1) is 0 Å². The monoisotopic (exact) mass is 409 g/mol. The highest BCUT2D eigenvalue weighted by atomic mass is 19.4. The fourth-order valence-electron chi connectivity index (χ4n) is 3.15. The van der Waals surface area contributed by atoms with Gasteiger partial charge in [0.15, 0.2) is 0 Å². The zero-order valence-electron chi connectivity index (χ0n) is 16.0. The predicted octanol–water partition coefficient (Wildman–Crippen LogP) is 2.29. The molecule has 0 saturated heterocycles. The van der Waals surface area contributed by atoms with E-state index in [1.807, 2.05) is 19.0 Å². The van der Waals surface area contributed by atoms with Crippen molar-refractivity contribution in [2.45, 2.75) is 25.1 Å². The van der Waals surface area contributed by atoms with Gasteiger partial charge in [-0.05, 0) is 57.1 Å². The second-order valence-electron chi connectivity index (χ2n) is 7.21. The third-order valence-corrected chi connectivity index (χ3v) is 4.83. The number of hydrogen-bond donors (Lipinski definition) is 2. The molecule has 2 amide bonds. The van der Waals surface area contributed by atoms with Gasteiger partial charge in [-0.2, -0.15) is 18.3 Å². The van der Waals surface area contributed by atoms with E-state index in [-0.39, 0.29) is 18.3 Å². The van der Waals surface area contributed by atoms with Gasteiger partial charge in [0, 0.05) is 25.0 Å². The van der Waals surface area contributed by atoms with E-state index in [4.69, 9.17) is 0 Å². The van der Waals surface area contributed by atoms with Crippen molar-refractivity contribution in [3.05, 3.63) is 42.2 Å². The highest BCUT2D eigenvalue weighted by Crippen LogP contribution is 2.36. The molecule has 1 heterocycles. The fourth-order valence-corrected chi connectivity index (χ4v) is 3.15. The Morgan fingerprint density at radius 2 is 2.00 bits per heavy atom. The van der Waals surface area contributed by atoms with Crippen LogP contribution in [-0.4, -0.2) is 53.2 Å². The largest absolute Gasteiger partial charge is 0.418 e. The molecule has 1 atom stereocenters. The molecule has 0 radical (unpaired) electrons. The summed E-state index contributed by atoms with van der Waals surface area (Å²) in [4.78, 5) is 26.2. The highest BCUT2D eigenvalue weighted by Gasteiger charge is 2.36. The highest BCUT2D eigenvalue weighted by molar-refractivity contribution is 6.39. The summed E-state index contributed by atoms with van der Waals surface area (Å²) in [6, 6.07) is 5.03. The summed E-state index contributed by atoms with van der Waals surface area (Å²) in [6.07, 6.45) is 0.341. The number of amides is 2. The maximum absolute atomic E-state index is 13.5. The molecule has 1 aromatic carbocycles. The van der Waals surface area contributed by atoms with Crippen LogP contribution in [0.2, 0.25) is 0 Å². The van der Waals surface area contributed by atoms with Crippen LogP contribution in [0.25, 0.3) is 5.69 Å². The van der Waals surface area contributed by atoms with Crippen LogP contribution in [0.1, 0.15) is 18.4 Å². The SMILES string of the molecule is CN(C)C(CNC(=O)C(=O)Nc1ccc(-n2cccn2)cc1C(F)(F)F)C1CC1. The van der Waals surface area contributed by atoms with E-state index in [0.29, 0.717) is 5.92 Å². The molecule has 1 saturated carbocycles. The average Bonchev–Trinajstić information content (AvgIpc) is 3.33. The minimum absolute atomic E-state index is 0.0887. The van der Waals surface area contributed by atoms with Gasteiger partial charge in [0.1, 0.15) is 0 Å². The Balaban J connectivity index is 1.71. The molecule has 1 aliphatic rings. The molecule has 0 spiro atoms. The molecule has 1 fully saturated rings. The van der Waals surface area contributed by atoms with E-state index in [0.717, 1.165) is 25.0 Å². The van der Waals surface area contributed by atoms with Crippen molar-refractivity contribution in [2.75, 3.05) is 26.0 Å². The zero-order valence-corrected chi connectivity index (χ0v) is 16.0. The maximum atomic E-state index is 13.5. The molecule has 2 N–H and O–H groups in total. The summed E-state index contributed by atoms with van der Waals surface area (Å²) >= 11 is 0. The average molecular weight is 409 g/mol. The third-order valence-electron chi connectivity index (χ3n) is 4.83. The van der Waals surface area contributed by atoms with Crippen molar-refractivity contribution in [2.24, 2.45) is 5.92 Å². The molecule has 3 rings (SSSR count).